The van der Waals surface area contributed by atoms with Gasteiger partial charge in [0.1, 0.15) is 0 Å². The molecule has 4 nitrogen and oxygen atoms in total. The first-order valence-electron chi connectivity index (χ1n) is 6.81. The van der Waals surface area contributed by atoms with Crippen molar-refractivity contribution in [2.45, 2.75) is 26.2 Å². The van der Waals surface area contributed by atoms with Gasteiger partial charge in [-0.25, -0.2) is 0 Å². The summed E-state index contributed by atoms with van der Waals surface area (Å²) in [5, 5.41) is 0. The Bertz CT molecular complexity index is 523. The van der Waals surface area contributed by atoms with E-state index in [1.54, 1.807) is 0 Å². The van der Waals surface area contributed by atoms with Crippen LogP contribution in [0.1, 0.15) is 35.2 Å². The minimum absolute atomic E-state index is 0.0764. The molecule has 0 aromatic heterocycles. The number of hydrogen-bond donors (Lipinski definition) is 1. The smallest absolute Gasteiger partial charge is 0.254 e. The highest BCUT2D eigenvalue weighted by Crippen LogP contribution is 2.23. The molecule has 0 unspecified atom stereocenters. The Balaban J connectivity index is 1.99. The lowest BCUT2D eigenvalue weighted by Gasteiger charge is -2.32. The molecule has 0 atom stereocenters. The number of aryl methyl sites for hydroxylation is 1. The average molecular weight is 339 g/mol. The number of benzene rings is 1. The normalized spacial score (nSPS) is 16.2. The second-order valence-corrected chi connectivity index (χ2v) is 6.28. The molecule has 0 saturated carbocycles. The summed E-state index contributed by atoms with van der Waals surface area (Å²) in [6.45, 7) is 3.34. The highest BCUT2D eigenvalue weighted by atomic mass is 79.9. The van der Waals surface area contributed by atoms with Gasteiger partial charge >= 0.3 is 0 Å². The lowest BCUT2D eigenvalue weighted by atomic mass is 9.93. The van der Waals surface area contributed by atoms with Crippen LogP contribution in [-0.4, -0.2) is 29.8 Å². The second-order valence-electron chi connectivity index (χ2n) is 5.37. The van der Waals surface area contributed by atoms with Gasteiger partial charge in [0.2, 0.25) is 5.91 Å². The average Bonchev–Trinajstić information content (AvgIpc) is 2.38. The predicted octanol–water partition coefficient (Wildman–Crippen LogP) is 2.49. The highest BCUT2D eigenvalue weighted by molar-refractivity contribution is 9.10. The zero-order valence-electron chi connectivity index (χ0n) is 11.6. The monoisotopic (exact) mass is 338 g/mol. The first-order chi connectivity index (χ1) is 9.47. The molecule has 2 N–H and O–H groups in total. The van der Waals surface area contributed by atoms with Crippen molar-refractivity contribution in [2.75, 3.05) is 13.1 Å². The van der Waals surface area contributed by atoms with Crippen molar-refractivity contribution in [1.82, 2.24) is 4.90 Å². The Labute approximate surface area is 127 Å². The molecule has 1 aliphatic heterocycles. The fourth-order valence-electron chi connectivity index (χ4n) is 2.66. The molecule has 108 valence electrons. The number of piperidine rings is 1. The molecule has 0 aliphatic carbocycles. The lowest BCUT2D eigenvalue weighted by molar-refractivity contribution is -0.119. The van der Waals surface area contributed by atoms with Gasteiger partial charge in [0.15, 0.2) is 0 Å². The third-order valence-corrected chi connectivity index (χ3v) is 4.30. The predicted molar refractivity (Wildman–Crippen MR) is 81.3 cm³/mol. The van der Waals surface area contributed by atoms with Crippen LogP contribution in [0.25, 0.3) is 0 Å². The van der Waals surface area contributed by atoms with E-state index >= 15 is 0 Å². The molecule has 1 aromatic carbocycles. The summed E-state index contributed by atoms with van der Waals surface area (Å²) >= 11 is 3.40. The van der Waals surface area contributed by atoms with Crippen LogP contribution in [0.5, 0.6) is 0 Å². The Kier molecular flexibility index (Phi) is 4.81. The molecule has 1 aromatic rings. The summed E-state index contributed by atoms with van der Waals surface area (Å²) in [4.78, 5) is 25.3. The van der Waals surface area contributed by atoms with E-state index in [1.807, 2.05) is 30.0 Å². The first kappa shape index (κ1) is 15.0. The van der Waals surface area contributed by atoms with Crippen molar-refractivity contribution >= 4 is 27.7 Å². The van der Waals surface area contributed by atoms with E-state index in [-0.39, 0.29) is 11.8 Å². The third-order valence-electron chi connectivity index (χ3n) is 3.81. The molecule has 0 radical (unpaired) electrons. The molecular weight excluding hydrogens is 320 g/mol. The SMILES string of the molecule is Cc1cc(Br)ccc1C(=O)N1CCC(CC(N)=O)CC1. The van der Waals surface area contributed by atoms with E-state index in [9.17, 15) is 9.59 Å². The van der Waals surface area contributed by atoms with Gasteiger partial charge in [0.25, 0.3) is 5.91 Å². The Morgan fingerprint density at radius 1 is 1.35 bits per heavy atom. The van der Waals surface area contributed by atoms with Crippen molar-refractivity contribution in [1.29, 1.82) is 0 Å². The van der Waals surface area contributed by atoms with Gasteiger partial charge in [0, 0.05) is 29.5 Å². The van der Waals surface area contributed by atoms with Crippen LogP contribution in [0.3, 0.4) is 0 Å². The fraction of sp³-hybridized carbons (Fsp3) is 0.467. The van der Waals surface area contributed by atoms with E-state index in [1.165, 1.54) is 0 Å². The van der Waals surface area contributed by atoms with Gasteiger partial charge in [-0.1, -0.05) is 15.9 Å². The number of halogens is 1. The van der Waals surface area contributed by atoms with Gasteiger partial charge in [-0.05, 0) is 49.4 Å². The van der Waals surface area contributed by atoms with E-state index in [2.05, 4.69) is 15.9 Å². The van der Waals surface area contributed by atoms with Crippen molar-refractivity contribution in [2.24, 2.45) is 11.7 Å². The second kappa shape index (κ2) is 6.39. The number of amides is 2. The van der Waals surface area contributed by atoms with Crippen LogP contribution >= 0.6 is 15.9 Å². The number of nitrogens with two attached hydrogens (primary N) is 1. The maximum absolute atomic E-state index is 12.5. The van der Waals surface area contributed by atoms with Crippen molar-refractivity contribution in [3.05, 3.63) is 33.8 Å². The van der Waals surface area contributed by atoms with Gasteiger partial charge in [-0.3, -0.25) is 9.59 Å². The third kappa shape index (κ3) is 3.60. The Morgan fingerprint density at radius 3 is 2.55 bits per heavy atom. The zero-order chi connectivity index (χ0) is 14.7. The standard InChI is InChI=1S/C15H19BrN2O2/c1-10-8-12(16)2-3-13(10)15(20)18-6-4-11(5-7-18)9-14(17)19/h2-3,8,11H,4-7,9H2,1H3,(H2,17,19). The maximum Gasteiger partial charge on any atom is 0.254 e. The number of nitrogens with zero attached hydrogens (tertiary/aromatic N) is 1. The number of primary amides is 1. The molecular formula is C15H19BrN2O2. The number of carbonyl (C=O) groups is 2. The summed E-state index contributed by atoms with van der Waals surface area (Å²) in [6.07, 6.45) is 2.13. The minimum Gasteiger partial charge on any atom is -0.370 e. The molecule has 0 bridgehead atoms. The van der Waals surface area contributed by atoms with E-state index in [4.69, 9.17) is 5.73 Å². The van der Waals surface area contributed by atoms with E-state index in [0.717, 1.165) is 28.4 Å². The molecule has 1 fully saturated rings. The van der Waals surface area contributed by atoms with Crippen LogP contribution in [0, 0.1) is 12.8 Å². The molecule has 1 heterocycles. The first-order valence-corrected chi connectivity index (χ1v) is 7.60. The largest absolute Gasteiger partial charge is 0.370 e. The number of likely N-dealkylation sites (tertiary alicyclic amines) is 1. The fourth-order valence-corrected chi connectivity index (χ4v) is 3.14. The minimum atomic E-state index is -0.251. The van der Waals surface area contributed by atoms with Crippen LogP contribution in [0.4, 0.5) is 0 Å². The number of carbonyl (C=O) groups excluding carboxylic acids is 2. The quantitative estimate of drug-likeness (QED) is 0.920. The zero-order valence-corrected chi connectivity index (χ0v) is 13.1. The molecule has 0 spiro atoms. The Morgan fingerprint density at radius 2 is 2.00 bits per heavy atom. The summed E-state index contributed by atoms with van der Waals surface area (Å²) in [7, 11) is 0. The summed E-state index contributed by atoms with van der Waals surface area (Å²) in [5.74, 6) is 0.147. The summed E-state index contributed by atoms with van der Waals surface area (Å²) in [5.41, 5.74) is 6.95. The van der Waals surface area contributed by atoms with E-state index < -0.39 is 0 Å². The summed E-state index contributed by atoms with van der Waals surface area (Å²) < 4.78 is 0.978. The van der Waals surface area contributed by atoms with Gasteiger partial charge in [0.05, 0.1) is 0 Å². The highest BCUT2D eigenvalue weighted by Gasteiger charge is 2.25. The molecule has 2 rings (SSSR count). The van der Waals surface area contributed by atoms with Crippen LogP contribution in [-0.2, 0) is 4.79 Å². The van der Waals surface area contributed by atoms with Gasteiger partial charge in [-0.2, -0.15) is 0 Å². The van der Waals surface area contributed by atoms with Crippen LogP contribution in [0.2, 0.25) is 0 Å². The molecule has 1 aliphatic rings. The van der Waals surface area contributed by atoms with Gasteiger partial charge in [-0.15, -0.1) is 0 Å². The Hall–Kier alpha value is -1.36. The van der Waals surface area contributed by atoms with Crippen LogP contribution < -0.4 is 5.73 Å². The van der Waals surface area contributed by atoms with Crippen molar-refractivity contribution in [3.8, 4) is 0 Å². The molecule has 2 amide bonds. The van der Waals surface area contributed by atoms with Crippen molar-refractivity contribution < 1.29 is 9.59 Å². The maximum atomic E-state index is 12.5. The van der Waals surface area contributed by atoms with E-state index in [0.29, 0.717) is 25.4 Å². The summed E-state index contributed by atoms with van der Waals surface area (Å²) in [6, 6.07) is 5.70. The lowest BCUT2D eigenvalue weighted by Crippen LogP contribution is -2.39. The number of rotatable bonds is 3. The molecule has 20 heavy (non-hydrogen) atoms. The number of hydrogen-bond acceptors (Lipinski definition) is 2. The molecule has 5 heteroatoms. The van der Waals surface area contributed by atoms with Gasteiger partial charge < -0.3 is 10.6 Å². The molecule has 1 saturated heterocycles. The van der Waals surface area contributed by atoms with Crippen molar-refractivity contribution in [3.63, 3.8) is 0 Å². The van der Waals surface area contributed by atoms with Crippen LogP contribution in [0.15, 0.2) is 22.7 Å². The topological polar surface area (TPSA) is 63.4 Å².